The van der Waals surface area contributed by atoms with Crippen molar-refractivity contribution in [3.05, 3.63) is 82.1 Å². The van der Waals surface area contributed by atoms with Gasteiger partial charge in [0.05, 0.1) is 28.8 Å². The van der Waals surface area contributed by atoms with Gasteiger partial charge in [-0.25, -0.2) is 4.98 Å². The maximum Gasteiger partial charge on any atom is 0.290 e. The lowest BCUT2D eigenvalue weighted by Gasteiger charge is -2.27. The molecule has 0 radical (unpaired) electrons. The number of carbonyl (C=O) groups is 2. The minimum atomic E-state index is -0.721. The molecule has 1 amide bonds. The van der Waals surface area contributed by atoms with Crippen LogP contribution in [0.5, 0.6) is 5.75 Å². The Morgan fingerprint density at radius 2 is 1.89 bits per heavy atom. The van der Waals surface area contributed by atoms with Gasteiger partial charge in [-0.1, -0.05) is 56.3 Å². The van der Waals surface area contributed by atoms with Crippen molar-refractivity contribution in [1.82, 2.24) is 14.8 Å². The lowest BCUT2D eigenvalue weighted by atomic mass is 9.94. The van der Waals surface area contributed by atoms with Crippen LogP contribution in [-0.2, 0) is 4.79 Å². The minimum absolute atomic E-state index is 0.0900. The molecule has 0 aliphatic carbocycles. The summed E-state index contributed by atoms with van der Waals surface area (Å²) in [6.45, 7) is 7.65. The van der Waals surface area contributed by atoms with Gasteiger partial charge in [0.2, 0.25) is 5.78 Å². The predicted octanol–water partition coefficient (Wildman–Crippen LogP) is 5.68. The number of ketones is 1. The molecule has 0 saturated carbocycles. The molecule has 1 aromatic heterocycles. The van der Waals surface area contributed by atoms with Gasteiger partial charge in [0.15, 0.2) is 5.76 Å². The number of ether oxygens (including phenoxy) is 1. The highest BCUT2D eigenvalue weighted by Gasteiger charge is 2.44. The molecule has 0 fully saturated rings. The maximum absolute atomic E-state index is 14.0. The SMILES string of the molecule is Cc1nc(-c2ccccc2)sc1C(=O)C1=C(O)C(=O)N(CCCN(C)C)C1c1cccc(OCC(C)C)c1. The lowest BCUT2D eigenvalue weighted by Crippen LogP contribution is -2.33. The van der Waals surface area contributed by atoms with E-state index in [2.05, 4.69) is 18.8 Å². The van der Waals surface area contributed by atoms with Crippen molar-refractivity contribution in [2.24, 2.45) is 5.92 Å². The predicted molar refractivity (Wildman–Crippen MR) is 151 cm³/mol. The number of carbonyl (C=O) groups excluding carboxylic acids is 2. The molecular weight excluding hydrogens is 498 g/mol. The molecule has 0 saturated heterocycles. The van der Waals surface area contributed by atoms with Crippen LogP contribution in [0.15, 0.2) is 65.9 Å². The van der Waals surface area contributed by atoms with Crippen molar-refractivity contribution in [2.45, 2.75) is 33.2 Å². The van der Waals surface area contributed by atoms with E-state index in [0.717, 1.165) is 22.7 Å². The maximum atomic E-state index is 14.0. The molecule has 38 heavy (non-hydrogen) atoms. The first-order valence-corrected chi connectivity index (χ1v) is 13.7. The molecule has 8 heteroatoms. The molecule has 0 spiro atoms. The second kappa shape index (κ2) is 11.9. The number of thiazole rings is 1. The smallest absolute Gasteiger partial charge is 0.290 e. The van der Waals surface area contributed by atoms with E-state index in [1.807, 2.05) is 73.6 Å². The Kier molecular flexibility index (Phi) is 8.64. The van der Waals surface area contributed by atoms with Gasteiger partial charge in [0, 0.05) is 12.1 Å². The van der Waals surface area contributed by atoms with Gasteiger partial charge in [-0.3, -0.25) is 9.59 Å². The van der Waals surface area contributed by atoms with Crippen molar-refractivity contribution in [1.29, 1.82) is 0 Å². The summed E-state index contributed by atoms with van der Waals surface area (Å²) < 4.78 is 5.94. The number of hydrogen-bond acceptors (Lipinski definition) is 7. The number of aliphatic hydroxyl groups is 1. The molecule has 1 atom stereocenters. The molecule has 2 heterocycles. The molecule has 7 nitrogen and oxygen atoms in total. The van der Waals surface area contributed by atoms with Crippen LogP contribution in [0.25, 0.3) is 10.6 Å². The fourth-order valence-electron chi connectivity index (χ4n) is 4.49. The summed E-state index contributed by atoms with van der Waals surface area (Å²) in [5.41, 5.74) is 2.30. The van der Waals surface area contributed by atoms with Gasteiger partial charge in [-0.2, -0.15) is 0 Å². The molecule has 1 unspecified atom stereocenters. The van der Waals surface area contributed by atoms with E-state index in [1.54, 1.807) is 11.8 Å². The number of amides is 1. The highest BCUT2D eigenvalue weighted by atomic mass is 32.1. The monoisotopic (exact) mass is 533 g/mol. The summed E-state index contributed by atoms with van der Waals surface area (Å²) in [4.78, 5) is 36.0. The van der Waals surface area contributed by atoms with E-state index in [9.17, 15) is 14.7 Å². The van der Waals surface area contributed by atoms with Gasteiger partial charge in [-0.05, 0) is 57.6 Å². The van der Waals surface area contributed by atoms with Crippen LogP contribution in [0.4, 0.5) is 0 Å². The van der Waals surface area contributed by atoms with E-state index >= 15 is 0 Å². The Hall–Kier alpha value is -3.49. The van der Waals surface area contributed by atoms with Crippen LogP contribution >= 0.6 is 11.3 Å². The third-order valence-corrected chi connectivity index (χ3v) is 7.54. The molecule has 3 aromatic rings. The van der Waals surface area contributed by atoms with E-state index in [1.165, 1.54) is 11.3 Å². The van der Waals surface area contributed by atoms with Crippen molar-refractivity contribution in [3.63, 3.8) is 0 Å². The van der Waals surface area contributed by atoms with Crippen LogP contribution in [0, 0.1) is 12.8 Å². The Bertz CT molecular complexity index is 1330. The van der Waals surface area contributed by atoms with Gasteiger partial charge >= 0.3 is 0 Å². The van der Waals surface area contributed by atoms with Crippen LogP contribution in [0.1, 0.15) is 47.2 Å². The zero-order valence-electron chi connectivity index (χ0n) is 22.6. The molecule has 1 N–H and O–H groups in total. The van der Waals surface area contributed by atoms with Gasteiger partial charge in [-0.15, -0.1) is 11.3 Å². The average Bonchev–Trinajstić information content (AvgIpc) is 3.40. The van der Waals surface area contributed by atoms with E-state index in [4.69, 9.17) is 4.74 Å². The van der Waals surface area contributed by atoms with E-state index in [-0.39, 0.29) is 11.4 Å². The standard InChI is InChI=1S/C30H35N3O4S/c1-19(2)18-37-23-14-9-13-22(17-23)25-24(27(35)30(36)33(25)16-10-15-32(4)5)26(34)28-20(3)31-29(38-28)21-11-7-6-8-12-21/h6-9,11-14,17,19,25,35H,10,15-16,18H2,1-5H3. The quantitative estimate of drug-likeness (QED) is 0.319. The number of hydrogen-bond donors (Lipinski definition) is 1. The molecule has 2 aromatic carbocycles. The molecule has 4 rings (SSSR count). The minimum Gasteiger partial charge on any atom is -0.503 e. The molecule has 0 bridgehead atoms. The fourth-order valence-corrected chi connectivity index (χ4v) is 5.52. The number of aromatic nitrogens is 1. The number of nitrogens with zero attached hydrogens (tertiary/aromatic N) is 3. The molecule has 1 aliphatic heterocycles. The van der Waals surface area contributed by atoms with Crippen molar-refractivity contribution >= 4 is 23.0 Å². The third kappa shape index (κ3) is 5.97. The summed E-state index contributed by atoms with van der Waals surface area (Å²) >= 11 is 1.28. The number of aliphatic hydroxyl groups excluding tert-OH is 1. The number of Topliss-reactive ketones (excluding diaryl/α,β-unsaturated/α-hetero) is 1. The number of rotatable bonds is 11. The van der Waals surface area contributed by atoms with Crippen molar-refractivity contribution < 1.29 is 19.4 Å². The Labute approximate surface area is 228 Å². The lowest BCUT2D eigenvalue weighted by molar-refractivity contribution is -0.129. The normalized spacial score (nSPS) is 15.7. The zero-order chi connectivity index (χ0) is 27.4. The molecule has 1 aliphatic rings. The topological polar surface area (TPSA) is 83.0 Å². The largest absolute Gasteiger partial charge is 0.503 e. The van der Waals surface area contributed by atoms with Crippen LogP contribution in [0.3, 0.4) is 0 Å². The highest BCUT2D eigenvalue weighted by Crippen LogP contribution is 2.41. The molecular formula is C30H35N3O4S. The van der Waals surface area contributed by atoms with Crippen LogP contribution < -0.4 is 4.74 Å². The Morgan fingerprint density at radius 3 is 2.58 bits per heavy atom. The second-order valence-corrected chi connectivity index (χ2v) is 11.2. The highest BCUT2D eigenvalue weighted by molar-refractivity contribution is 7.17. The first-order chi connectivity index (χ1) is 18.2. The summed E-state index contributed by atoms with van der Waals surface area (Å²) in [5, 5.41) is 11.8. The summed E-state index contributed by atoms with van der Waals surface area (Å²) in [6.07, 6.45) is 0.700. The van der Waals surface area contributed by atoms with Crippen LogP contribution in [-0.4, -0.2) is 65.4 Å². The average molecular weight is 534 g/mol. The van der Waals surface area contributed by atoms with Crippen LogP contribution in [0.2, 0.25) is 0 Å². The molecule has 200 valence electrons. The Balaban J connectivity index is 1.73. The van der Waals surface area contributed by atoms with E-state index in [0.29, 0.717) is 41.8 Å². The van der Waals surface area contributed by atoms with Crippen molar-refractivity contribution in [2.75, 3.05) is 33.8 Å². The first-order valence-electron chi connectivity index (χ1n) is 12.9. The van der Waals surface area contributed by atoms with Gasteiger partial charge in [0.25, 0.3) is 5.91 Å². The zero-order valence-corrected chi connectivity index (χ0v) is 23.4. The number of benzene rings is 2. The summed E-state index contributed by atoms with van der Waals surface area (Å²) in [7, 11) is 3.95. The van der Waals surface area contributed by atoms with Gasteiger partial charge in [0.1, 0.15) is 10.8 Å². The van der Waals surface area contributed by atoms with Crippen molar-refractivity contribution in [3.8, 4) is 16.3 Å². The first kappa shape index (κ1) is 27.5. The van der Waals surface area contributed by atoms with E-state index < -0.39 is 17.7 Å². The fraction of sp³-hybridized carbons (Fsp3) is 0.367. The second-order valence-electron chi connectivity index (χ2n) is 10.2. The summed E-state index contributed by atoms with van der Waals surface area (Å²) in [5.74, 6) is -0.385. The Morgan fingerprint density at radius 1 is 1.16 bits per heavy atom. The third-order valence-electron chi connectivity index (χ3n) is 6.33. The summed E-state index contributed by atoms with van der Waals surface area (Å²) in [6, 6.07) is 16.4. The number of aryl methyl sites for hydroxylation is 1. The van der Waals surface area contributed by atoms with Gasteiger partial charge < -0.3 is 19.6 Å².